The lowest BCUT2D eigenvalue weighted by atomic mass is 10.2. The minimum atomic E-state index is 0.105. The molecule has 1 fully saturated rings. The fourth-order valence-corrected chi connectivity index (χ4v) is 4.33. The van der Waals surface area contributed by atoms with E-state index < -0.39 is 0 Å². The number of hydrogen-bond donors (Lipinski definition) is 0. The molecular weight excluding hydrogens is 368 g/mol. The fourth-order valence-electron chi connectivity index (χ4n) is 3.33. The number of rotatable bonds is 5. The topological polar surface area (TPSA) is 41.4 Å². The molecule has 4 rings (SSSR count). The van der Waals surface area contributed by atoms with Crippen molar-refractivity contribution in [2.45, 2.75) is 6.92 Å². The first-order valence-electron chi connectivity index (χ1n) is 9.55. The van der Waals surface area contributed by atoms with E-state index in [1.807, 2.05) is 59.1 Å². The zero-order valence-electron chi connectivity index (χ0n) is 16.0. The monoisotopic (exact) mass is 392 g/mol. The van der Waals surface area contributed by atoms with Gasteiger partial charge in [-0.2, -0.15) is 0 Å². The van der Waals surface area contributed by atoms with Gasteiger partial charge in [-0.25, -0.2) is 4.98 Å². The first kappa shape index (κ1) is 18.7. The van der Waals surface area contributed by atoms with E-state index in [9.17, 15) is 4.79 Å². The molecule has 2 aromatic heterocycles. The maximum Gasteiger partial charge on any atom is 0.266 e. The summed E-state index contributed by atoms with van der Waals surface area (Å²) >= 11 is 1.47. The Morgan fingerprint density at radius 2 is 1.79 bits per heavy atom. The highest BCUT2D eigenvalue weighted by Crippen LogP contribution is 2.23. The third kappa shape index (κ3) is 4.24. The Kier molecular flexibility index (Phi) is 5.69. The van der Waals surface area contributed by atoms with Crippen LogP contribution < -0.4 is 0 Å². The van der Waals surface area contributed by atoms with Gasteiger partial charge in [0.1, 0.15) is 4.88 Å². The molecule has 3 heterocycles. The standard InChI is InChI=1S/C22H24N4OS/c1-18-20(28-22(23-18)26-12-5-6-13-26)21(27)25-16-14-24(15-17-25)11-7-10-19-8-3-2-4-9-19/h2-10,12-13H,11,14-17H2,1H3. The Morgan fingerprint density at radius 1 is 1.07 bits per heavy atom. The van der Waals surface area contributed by atoms with Crippen LogP contribution in [0.15, 0.2) is 60.9 Å². The Balaban J connectivity index is 1.32. The normalized spacial score (nSPS) is 15.4. The Hall–Kier alpha value is -2.70. The van der Waals surface area contributed by atoms with Crippen LogP contribution in [0, 0.1) is 6.92 Å². The Bertz CT molecular complexity index is 938. The van der Waals surface area contributed by atoms with E-state index in [1.54, 1.807) is 0 Å². The molecule has 0 N–H and O–H groups in total. The van der Waals surface area contributed by atoms with E-state index in [0.29, 0.717) is 0 Å². The molecule has 28 heavy (non-hydrogen) atoms. The zero-order valence-corrected chi connectivity index (χ0v) is 16.8. The molecule has 1 amide bonds. The molecule has 1 saturated heterocycles. The van der Waals surface area contributed by atoms with Gasteiger partial charge in [-0.15, -0.1) is 0 Å². The van der Waals surface area contributed by atoms with Crippen LogP contribution in [0.5, 0.6) is 0 Å². The van der Waals surface area contributed by atoms with Crippen molar-refractivity contribution in [2.24, 2.45) is 0 Å². The van der Waals surface area contributed by atoms with Crippen molar-refractivity contribution in [2.75, 3.05) is 32.7 Å². The van der Waals surface area contributed by atoms with E-state index in [-0.39, 0.29) is 5.91 Å². The van der Waals surface area contributed by atoms with E-state index in [4.69, 9.17) is 0 Å². The third-order valence-electron chi connectivity index (χ3n) is 4.94. The van der Waals surface area contributed by atoms with E-state index in [1.165, 1.54) is 16.9 Å². The summed E-state index contributed by atoms with van der Waals surface area (Å²) in [5.41, 5.74) is 2.03. The van der Waals surface area contributed by atoms with Gasteiger partial charge in [0.2, 0.25) is 0 Å². The van der Waals surface area contributed by atoms with Crippen LogP contribution in [0.4, 0.5) is 0 Å². The second kappa shape index (κ2) is 8.54. The van der Waals surface area contributed by atoms with Crippen LogP contribution in [-0.2, 0) is 0 Å². The van der Waals surface area contributed by atoms with Gasteiger partial charge in [-0.05, 0) is 24.6 Å². The largest absolute Gasteiger partial charge is 0.335 e. The Morgan fingerprint density at radius 3 is 2.50 bits per heavy atom. The third-order valence-corrected chi connectivity index (χ3v) is 6.10. The second-order valence-electron chi connectivity index (χ2n) is 6.91. The number of hydrogen-bond acceptors (Lipinski definition) is 4. The van der Waals surface area contributed by atoms with Crippen LogP contribution >= 0.6 is 11.3 Å². The van der Waals surface area contributed by atoms with Gasteiger partial charge in [-0.3, -0.25) is 9.69 Å². The number of thiazole rings is 1. The van der Waals surface area contributed by atoms with Gasteiger partial charge in [-0.1, -0.05) is 53.8 Å². The average molecular weight is 393 g/mol. The minimum absolute atomic E-state index is 0.105. The maximum absolute atomic E-state index is 13.0. The van der Waals surface area contributed by atoms with E-state index >= 15 is 0 Å². The summed E-state index contributed by atoms with van der Waals surface area (Å²) in [6, 6.07) is 14.3. The molecule has 1 aliphatic rings. The van der Waals surface area contributed by atoms with Crippen LogP contribution in [0.25, 0.3) is 11.2 Å². The summed E-state index contributed by atoms with van der Waals surface area (Å²) in [7, 11) is 0. The highest BCUT2D eigenvalue weighted by Gasteiger charge is 2.25. The lowest BCUT2D eigenvalue weighted by Gasteiger charge is -2.34. The molecule has 6 heteroatoms. The number of benzene rings is 1. The van der Waals surface area contributed by atoms with Gasteiger partial charge in [0.15, 0.2) is 5.13 Å². The fraction of sp³-hybridized carbons (Fsp3) is 0.273. The summed E-state index contributed by atoms with van der Waals surface area (Å²) in [4.78, 5) is 22.6. The molecule has 3 aromatic rings. The van der Waals surface area contributed by atoms with Crippen LogP contribution in [-0.4, -0.2) is 58.0 Å². The van der Waals surface area contributed by atoms with Crippen molar-refractivity contribution in [3.63, 3.8) is 0 Å². The quantitative estimate of drug-likeness (QED) is 0.665. The average Bonchev–Trinajstić information content (AvgIpc) is 3.39. The molecule has 0 saturated carbocycles. The van der Waals surface area contributed by atoms with Gasteiger partial charge in [0.05, 0.1) is 5.69 Å². The molecule has 0 bridgehead atoms. The molecule has 0 spiro atoms. The first-order valence-corrected chi connectivity index (χ1v) is 10.4. The van der Waals surface area contributed by atoms with Crippen molar-refractivity contribution in [1.29, 1.82) is 0 Å². The molecule has 1 aromatic carbocycles. The minimum Gasteiger partial charge on any atom is -0.335 e. The highest BCUT2D eigenvalue weighted by molar-refractivity contribution is 7.16. The number of aromatic nitrogens is 2. The number of carbonyl (C=O) groups excluding carboxylic acids is 1. The predicted octanol–water partition coefficient (Wildman–Crippen LogP) is 3.71. The number of aryl methyl sites for hydroxylation is 1. The molecule has 0 radical (unpaired) electrons. The number of nitrogens with zero attached hydrogens (tertiary/aromatic N) is 4. The summed E-state index contributed by atoms with van der Waals surface area (Å²) < 4.78 is 1.95. The van der Waals surface area contributed by atoms with Gasteiger partial charge in [0, 0.05) is 45.1 Å². The lowest BCUT2D eigenvalue weighted by Crippen LogP contribution is -2.48. The maximum atomic E-state index is 13.0. The van der Waals surface area contributed by atoms with Crippen LogP contribution in [0.2, 0.25) is 0 Å². The van der Waals surface area contributed by atoms with Crippen molar-refractivity contribution < 1.29 is 4.79 Å². The first-order chi connectivity index (χ1) is 13.7. The second-order valence-corrected chi connectivity index (χ2v) is 7.88. The van der Waals surface area contributed by atoms with Gasteiger partial charge < -0.3 is 9.47 Å². The van der Waals surface area contributed by atoms with E-state index in [2.05, 4.69) is 34.2 Å². The molecule has 5 nitrogen and oxygen atoms in total. The molecule has 0 atom stereocenters. The van der Waals surface area contributed by atoms with Crippen molar-refractivity contribution >= 4 is 23.3 Å². The number of piperazine rings is 1. The smallest absolute Gasteiger partial charge is 0.266 e. The summed E-state index contributed by atoms with van der Waals surface area (Å²) in [5, 5.41) is 0.843. The summed E-state index contributed by atoms with van der Waals surface area (Å²) in [5.74, 6) is 0.105. The highest BCUT2D eigenvalue weighted by atomic mass is 32.1. The SMILES string of the molecule is Cc1nc(-n2cccc2)sc1C(=O)N1CCN(CC=Cc2ccccc2)CC1. The molecule has 1 aliphatic heterocycles. The number of carbonyl (C=O) groups is 1. The predicted molar refractivity (Wildman–Crippen MR) is 114 cm³/mol. The molecule has 0 aliphatic carbocycles. The van der Waals surface area contributed by atoms with Crippen molar-refractivity contribution in [3.8, 4) is 5.13 Å². The van der Waals surface area contributed by atoms with Crippen molar-refractivity contribution in [3.05, 3.63) is 77.1 Å². The summed E-state index contributed by atoms with van der Waals surface area (Å²) in [6.45, 7) is 6.14. The number of amides is 1. The van der Waals surface area contributed by atoms with Gasteiger partial charge in [0.25, 0.3) is 5.91 Å². The Labute approximate surface area is 169 Å². The van der Waals surface area contributed by atoms with E-state index in [0.717, 1.165) is 48.4 Å². The molecule has 0 unspecified atom stereocenters. The van der Waals surface area contributed by atoms with Gasteiger partial charge >= 0.3 is 0 Å². The lowest BCUT2D eigenvalue weighted by molar-refractivity contribution is 0.0654. The summed E-state index contributed by atoms with van der Waals surface area (Å²) in [6.07, 6.45) is 8.26. The molecule has 144 valence electrons. The van der Waals surface area contributed by atoms with Crippen molar-refractivity contribution in [1.82, 2.24) is 19.4 Å². The van der Waals surface area contributed by atoms with Crippen LogP contribution in [0.1, 0.15) is 20.9 Å². The zero-order chi connectivity index (χ0) is 19.3. The molecular formula is C22H24N4OS. The van der Waals surface area contributed by atoms with Crippen LogP contribution in [0.3, 0.4) is 0 Å².